The van der Waals surface area contributed by atoms with Crippen LogP contribution in [-0.2, 0) is 0 Å². The second-order valence-corrected chi connectivity index (χ2v) is 6.15. The van der Waals surface area contributed by atoms with Crippen LogP contribution in [0, 0.1) is 0 Å². The molecule has 1 amide bonds. The van der Waals surface area contributed by atoms with Crippen LogP contribution in [0.3, 0.4) is 0 Å². The molecule has 98 valence electrons. The standard InChI is InChI=1S/C13H17ClN2OS/c1-2-9-8-16(6-7-18-9)13(17)10-4-3-5-11(15)12(10)14/h3-5,9H,2,6-8,15H2,1H3. The zero-order valence-electron chi connectivity index (χ0n) is 10.4. The summed E-state index contributed by atoms with van der Waals surface area (Å²) in [6.07, 6.45) is 1.08. The van der Waals surface area contributed by atoms with Gasteiger partial charge in [0.1, 0.15) is 0 Å². The van der Waals surface area contributed by atoms with Crippen LogP contribution in [0.2, 0.25) is 5.02 Å². The van der Waals surface area contributed by atoms with Crippen molar-refractivity contribution in [2.45, 2.75) is 18.6 Å². The maximum atomic E-state index is 12.4. The molecule has 1 atom stereocenters. The van der Waals surface area contributed by atoms with Gasteiger partial charge in [0.25, 0.3) is 5.91 Å². The lowest BCUT2D eigenvalue weighted by atomic mass is 10.1. The van der Waals surface area contributed by atoms with Gasteiger partial charge in [-0.2, -0.15) is 11.8 Å². The van der Waals surface area contributed by atoms with Crippen LogP contribution in [-0.4, -0.2) is 34.9 Å². The molecule has 0 saturated carbocycles. The number of hydrogen-bond acceptors (Lipinski definition) is 3. The van der Waals surface area contributed by atoms with E-state index in [9.17, 15) is 4.79 Å². The Hall–Kier alpha value is -0.870. The van der Waals surface area contributed by atoms with Gasteiger partial charge in [0.15, 0.2) is 0 Å². The molecule has 0 aromatic heterocycles. The summed E-state index contributed by atoms with van der Waals surface area (Å²) in [6.45, 7) is 3.73. The van der Waals surface area contributed by atoms with E-state index < -0.39 is 0 Å². The first-order valence-electron chi connectivity index (χ1n) is 6.08. The fraction of sp³-hybridized carbons (Fsp3) is 0.462. The highest BCUT2D eigenvalue weighted by Gasteiger charge is 2.25. The molecule has 0 aliphatic carbocycles. The third-order valence-corrected chi connectivity index (χ3v) is 4.93. The van der Waals surface area contributed by atoms with Crippen LogP contribution in [0.5, 0.6) is 0 Å². The molecule has 2 rings (SSSR count). The third-order valence-electron chi connectivity index (χ3n) is 3.14. The average molecular weight is 285 g/mol. The Morgan fingerprint density at radius 3 is 3.11 bits per heavy atom. The number of nitrogen functional groups attached to an aromatic ring is 1. The van der Waals surface area contributed by atoms with Crippen molar-refractivity contribution in [3.05, 3.63) is 28.8 Å². The average Bonchev–Trinajstić information content (AvgIpc) is 2.41. The molecule has 1 aliphatic heterocycles. The van der Waals surface area contributed by atoms with Crippen molar-refractivity contribution in [1.29, 1.82) is 0 Å². The zero-order chi connectivity index (χ0) is 13.1. The molecule has 1 aliphatic rings. The van der Waals surface area contributed by atoms with Crippen molar-refractivity contribution in [3.63, 3.8) is 0 Å². The number of hydrogen-bond donors (Lipinski definition) is 1. The predicted octanol–water partition coefficient (Wildman–Crippen LogP) is 2.89. The van der Waals surface area contributed by atoms with E-state index in [0.29, 0.717) is 21.5 Å². The van der Waals surface area contributed by atoms with Gasteiger partial charge in [0.2, 0.25) is 0 Å². The van der Waals surface area contributed by atoms with Gasteiger partial charge in [0, 0.05) is 24.1 Å². The molecular formula is C13H17ClN2OS. The van der Waals surface area contributed by atoms with E-state index in [1.54, 1.807) is 18.2 Å². The van der Waals surface area contributed by atoms with Crippen LogP contribution < -0.4 is 5.73 Å². The number of nitrogens with two attached hydrogens (primary N) is 1. The maximum Gasteiger partial charge on any atom is 0.255 e. The lowest BCUT2D eigenvalue weighted by Crippen LogP contribution is -2.41. The van der Waals surface area contributed by atoms with Gasteiger partial charge in [-0.15, -0.1) is 0 Å². The zero-order valence-corrected chi connectivity index (χ0v) is 11.9. The fourth-order valence-electron chi connectivity index (χ4n) is 2.04. The van der Waals surface area contributed by atoms with Gasteiger partial charge in [-0.05, 0) is 18.6 Å². The maximum absolute atomic E-state index is 12.4. The first kappa shape index (κ1) is 13.6. The number of thioether (sulfide) groups is 1. The van der Waals surface area contributed by atoms with Crippen molar-refractivity contribution in [2.24, 2.45) is 0 Å². The summed E-state index contributed by atoms with van der Waals surface area (Å²) in [7, 11) is 0. The van der Waals surface area contributed by atoms with Gasteiger partial charge in [0.05, 0.1) is 16.3 Å². The highest BCUT2D eigenvalue weighted by molar-refractivity contribution is 8.00. The molecule has 1 unspecified atom stereocenters. The van der Waals surface area contributed by atoms with E-state index in [4.69, 9.17) is 17.3 Å². The fourth-order valence-corrected chi connectivity index (χ4v) is 3.42. The van der Waals surface area contributed by atoms with Crippen molar-refractivity contribution in [1.82, 2.24) is 4.90 Å². The van der Waals surface area contributed by atoms with E-state index in [1.165, 1.54) is 0 Å². The van der Waals surface area contributed by atoms with Crippen molar-refractivity contribution >= 4 is 35.0 Å². The third kappa shape index (κ3) is 2.75. The summed E-state index contributed by atoms with van der Waals surface area (Å²) in [5.74, 6) is 0.982. The Morgan fingerprint density at radius 2 is 2.39 bits per heavy atom. The van der Waals surface area contributed by atoms with E-state index in [2.05, 4.69) is 6.92 Å². The number of carbonyl (C=O) groups excluding carboxylic acids is 1. The van der Waals surface area contributed by atoms with Gasteiger partial charge >= 0.3 is 0 Å². The van der Waals surface area contributed by atoms with Gasteiger partial charge < -0.3 is 10.6 Å². The Bertz CT molecular complexity index is 453. The number of halogens is 1. The van der Waals surface area contributed by atoms with Crippen molar-refractivity contribution < 1.29 is 4.79 Å². The van der Waals surface area contributed by atoms with Gasteiger partial charge in [-0.1, -0.05) is 24.6 Å². The van der Waals surface area contributed by atoms with Crippen molar-refractivity contribution in [2.75, 3.05) is 24.6 Å². The number of anilines is 1. The molecule has 0 radical (unpaired) electrons. The smallest absolute Gasteiger partial charge is 0.255 e. The lowest BCUT2D eigenvalue weighted by molar-refractivity contribution is 0.0761. The van der Waals surface area contributed by atoms with Crippen LogP contribution in [0.1, 0.15) is 23.7 Å². The van der Waals surface area contributed by atoms with Crippen LogP contribution in [0.15, 0.2) is 18.2 Å². The van der Waals surface area contributed by atoms with E-state index in [0.717, 1.165) is 25.3 Å². The SMILES string of the molecule is CCC1CN(C(=O)c2cccc(N)c2Cl)CCS1. The molecule has 18 heavy (non-hydrogen) atoms. The molecular weight excluding hydrogens is 268 g/mol. The Labute approximate surface area is 117 Å². The summed E-state index contributed by atoms with van der Waals surface area (Å²) >= 11 is 8.04. The van der Waals surface area contributed by atoms with Crippen molar-refractivity contribution in [3.8, 4) is 0 Å². The first-order chi connectivity index (χ1) is 8.63. The molecule has 1 fully saturated rings. The minimum Gasteiger partial charge on any atom is -0.398 e. The van der Waals surface area contributed by atoms with E-state index in [-0.39, 0.29) is 5.91 Å². The van der Waals surface area contributed by atoms with Gasteiger partial charge in [-0.25, -0.2) is 0 Å². The monoisotopic (exact) mass is 284 g/mol. The molecule has 1 aromatic rings. The minimum absolute atomic E-state index is 0.00829. The van der Waals surface area contributed by atoms with Crippen LogP contribution in [0.4, 0.5) is 5.69 Å². The minimum atomic E-state index is -0.00829. The number of nitrogens with zero attached hydrogens (tertiary/aromatic N) is 1. The van der Waals surface area contributed by atoms with Crippen LogP contribution >= 0.6 is 23.4 Å². The first-order valence-corrected chi connectivity index (χ1v) is 7.51. The lowest BCUT2D eigenvalue weighted by Gasteiger charge is -2.32. The summed E-state index contributed by atoms with van der Waals surface area (Å²) in [4.78, 5) is 14.3. The Balaban J connectivity index is 2.18. The highest BCUT2D eigenvalue weighted by atomic mass is 35.5. The van der Waals surface area contributed by atoms with E-state index in [1.807, 2.05) is 16.7 Å². The quantitative estimate of drug-likeness (QED) is 0.850. The number of benzene rings is 1. The number of amides is 1. The topological polar surface area (TPSA) is 46.3 Å². The molecule has 0 bridgehead atoms. The Kier molecular flexibility index (Phi) is 4.40. The summed E-state index contributed by atoms with van der Waals surface area (Å²) in [5.41, 5.74) is 6.71. The molecule has 2 N–H and O–H groups in total. The summed E-state index contributed by atoms with van der Waals surface area (Å²) in [6, 6.07) is 5.22. The summed E-state index contributed by atoms with van der Waals surface area (Å²) < 4.78 is 0. The Morgan fingerprint density at radius 1 is 1.61 bits per heavy atom. The molecule has 3 nitrogen and oxygen atoms in total. The highest BCUT2D eigenvalue weighted by Crippen LogP contribution is 2.27. The second kappa shape index (κ2) is 5.85. The van der Waals surface area contributed by atoms with Crippen LogP contribution in [0.25, 0.3) is 0 Å². The largest absolute Gasteiger partial charge is 0.398 e. The summed E-state index contributed by atoms with van der Waals surface area (Å²) in [5, 5.41) is 0.899. The molecule has 1 saturated heterocycles. The van der Waals surface area contributed by atoms with E-state index >= 15 is 0 Å². The molecule has 1 heterocycles. The second-order valence-electron chi connectivity index (χ2n) is 4.36. The number of carbonyl (C=O) groups is 1. The number of rotatable bonds is 2. The molecule has 0 spiro atoms. The normalized spacial score (nSPS) is 19.9. The van der Waals surface area contributed by atoms with Gasteiger partial charge in [-0.3, -0.25) is 4.79 Å². The molecule has 5 heteroatoms. The predicted molar refractivity (Wildman–Crippen MR) is 78.3 cm³/mol. The molecule has 1 aromatic carbocycles.